The zero-order chi connectivity index (χ0) is 11.4. The zero-order valence-corrected chi connectivity index (χ0v) is 8.57. The van der Waals surface area contributed by atoms with Crippen LogP contribution in [0.1, 0.15) is 19.4 Å². The van der Waals surface area contributed by atoms with E-state index >= 15 is 0 Å². The highest BCUT2D eigenvalue weighted by Gasteiger charge is 2.06. The highest BCUT2D eigenvalue weighted by Crippen LogP contribution is 2.24. The minimum atomic E-state index is -0.445. The molecule has 79 valence electrons. The summed E-state index contributed by atoms with van der Waals surface area (Å²) in [6.07, 6.45) is 0. The van der Waals surface area contributed by atoms with Crippen LogP contribution in [-0.4, -0.2) is 11.9 Å². The SMILES string of the molecule is [CH2]c1ccc(OC(C)=O)cc1OC(C)=O. The van der Waals surface area contributed by atoms with Crippen molar-refractivity contribution in [3.63, 3.8) is 0 Å². The minimum Gasteiger partial charge on any atom is -0.427 e. The van der Waals surface area contributed by atoms with Gasteiger partial charge < -0.3 is 9.47 Å². The molecule has 0 aliphatic carbocycles. The maximum atomic E-state index is 10.7. The van der Waals surface area contributed by atoms with E-state index in [4.69, 9.17) is 9.47 Å². The van der Waals surface area contributed by atoms with E-state index in [9.17, 15) is 9.59 Å². The third kappa shape index (κ3) is 3.42. The first-order chi connectivity index (χ1) is 6.99. The van der Waals surface area contributed by atoms with Crippen LogP contribution in [0.15, 0.2) is 18.2 Å². The second-order valence-corrected chi connectivity index (χ2v) is 2.96. The first-order valence-corrected chi connectivity index (χ1v) is 4.32. The van der Waals surface area contributed by atoms with E-state index in [1.807, 2.05) is 0 Å². The molecule has 1 aromatic carbocycles. The first-order valence-electron chi connectivity index (χ1n) is 4.32. The van der Waals surface area contributed by atoms with Gasteiger partial charge in [0.1, 0.15) is 11.5 Å². The van der Waals surface area contributed by atoms with Gasteiger partial charge in [-0.1, -0.05) is 6.07 Å². The molecule has 1 rings (SSSR count). The summed E-state index contributed by atoms with van der Waals surface area (Å²) in [4.78, 5) is 21.4. The first kappa shape index (κ1) is 11.2. The number of benzene rings is 1. The summed E-state index contributed by atoms with van der Waals surface area (Å²) in [6, 6.07) is 4.64. The molecule has 1 aromatic rings. The number of ether oxygens (including phenoxy) is 2. The second kappa shape index (κ2) is 4.59. The van der Waals surface area contributed by atoms with Crippen molar-refractivity contribution < 1.29 is 19.1 Å². The molecule has 0 N–H and O–H groups in total. The predicted octanol–water partition coefficient (Wildman–Crippen LogP) is 1.72. The van der Waals surface area contributed by atoms with Crippen LogP contribution in [0.25, 0.3) is 0 Å². The Morgan fingerprint density at radius 3 is 2.27 bits per heavy atom. The lowest BCUT2D eigenvalue weighted by Gasteiger charge is -2.07. The minimum absolute atomic E-state index is 0.293. The van der Waals surface area contributed by atoms with Crippen molar-refractivity contribution in [2.24, 2.45) is 0 Å². The number of rotatable bonds is 2. The van der Waals surface area contributed by atoms with Gasteiger partial charge in [0.25, 0.3) is 0 Å². The van der Waals surface area contributed by atoms with Gasteiger partial charge >= 0.3 is 11.9 Å². The van der Waals surface area contributed by atoms with Gasteiger partial charge in [-0.15, -0.1) is 0 Å². The average Bonchev–Trinajstić information content (AvgIpc) is 2.09. The van der Waals surface area contributed by atoms with Crippen molar-refractivity contribution in [3.05, 3.63) is 30.7 Å². The molecule has 0 saturated heterocycles. The molecule has 0 atom stereocenters. The van der Waals surface area contributed by atoms with Gasteiger partial charge in [0.15, 0.2) is 0 Å². The topological polar surface area (TPSA) is 52.6 Å². The highest BCUT2D eigenvalue weighted by atomic mass is 16.5. The lowest BCUT2D eigenvalue weighted by atomic mass is 10.2. The summed E-state index contributed by atoms with van der Waals surface area (Å²) in [5.41, 5.74) is 0.557. The molecule has 0 aliphatic heterocycles. The highest BCUT2D eigenvalue weighted by molar-refractivity contribution is 5.71. The van der Waals surface area contributed by atoms with Gasteiger partial charge in [-0.05, 0) is 18.6 Å². The van der Waals surface area contributed by atoms with E-state index in [-0.39, 0.29) is 0 Å². The van der Waals surface area contributed by atoms with Gasteiger partial charge in [0.2, 0.25) is 0 Å². The van der Waals surface area contributed by atoms with E-state index in [2.05, 4.69) is 6.92 Å². The van der Waals surface area contributed by atoms with E-state index in [0.29, 0.717) is 17.1 Å². The number of carbonyl (C=O) groups excluding carboxylic acids is 2. The molecule has 0 aromatic heterocycles. The molecule has 1 radical (unpaired) electrons. The Morgan fingerprint density at radius 1 is 1.13 bits per heavy atom. The van der Waals surface area contributed by atoms with Crippen molar-refractivity contribution in [3.8, 4) is 11.5 Å². The number of hydrogen-bond acceptors (Lipinski definition) is 4. The lowest BCUT2D eigenvalue weighted by Crippen LogP contribution is -2.05. The Bertz CT molecular complexity index is 396. The van der Waals surface area contributed by atoms with Gasteiger partial charge in [-0.2, -0.15) is 0 Å². The molecule has 0 saturated carbocycles. The Labute approximate surface area is 87.8 Å². The summed E-state index contributed by atoms with van der Waals surface area (Å²) in [6.45, 7) is 6.26. The van der Waals surface area contributed by atoms with Gasteiger partial charge in [0.05, 0.1) is 0 Å². The third-order valence-electron chi connectivity index (χ3n) is 1.55. The van der Waals surface area contributed by atoms with Crippen molar-refractivity contribution in [2.45, 2.75) is 13.8 Å². The smallest absolute Gasteiger partial charge is 0.308 e. The van der Waals surface area contributed by atoms with Crippen molar-refractivity contribution in [1.82, 2.24) is 0 Å². The van der Waals surface area contributed by atoms with E-state index in [0.717, 1.165) is 0 Å². The molecule has 4 heteroatoms. The van der Waals surface area contributed by atoms with E-state index in [1.165, 1.54) is 19.9 Å². The van der Waals surface area contributed by atoms with Crippen LogP contribution >= 0.6 is 0 Å². The maximum Gasteiger partial charge on any atom is 0.308 e. The van der Waals surface area contributed by atoms with E-state index < -0.39 is 11.9 Å². The Balaban J connectivity index is 2.94. The standard InChI is InChI=1S/C11H11O4/c1-7-4-5-10(14-8(2)12)6-11(7)15-9(3)13/h4-6H,1H2,2-3H3. The van der Waals surface area contributed by atoms with E-state index in [1.54, 1.807) is 12.1 Å². The quantitative estimate of drug-likeness (QED) is 0.547. The monoisotopic (exact) mass is 207 g/mol. The van der Waals surface area contributed by atoms with Crippen LogP contribution in [0.2, 0.25) is 0 Å². The molecule has 0 unspecified atom stereocenters. The summed E-state index contributed by atoms with van der Waals surface area (Å²) < 4.78 is 9.71. The molecular weight excluding hydrogens is 196 g/mol. The van der Waals surface area contributed by atoms with Gasteiger partial charge in [-0.3, -0.25) is 9.59 Å². The van der Waals surface area contributed by atoms with Crippen LogP contribution in [0.5, 0.6) is 11.5 Å². The van der Waals surface area contributed by atoms with Gasteiger partial charge in [0, 0.05) is 19.9 Å². The van der Waals surface area contributed by atoms with Crippen LogP contribution < -0.4 is 9.47 Å². The largest absolute Gasteiger partial charge is 0.427 e. The molecule has 15 heavy (non-hydrogen) atoms. The van der Waals surface area contributed by atoms with Crippen molar-refractivity contribution >= 4 is 11.9 Å². The average molecular weight is 207 g/mol. The molecule has 0 heterocycles. The molecule has 0 aliphatic rings. The second-order valence-electron chi connectivity index (χ2n) is 2.96. The van der Waals surface area contributed by atoms with Crippen molar-refractivity contribution in [2.75, 3.05) is 0 Å². The fourth-order valence-electron chi connectivity index (χ4n) is 1.01. The number of carbonyl (C=O) groups is 2. The summed E-state index contributed by atoms with van der Waals surface area (Å²) in [5, 5.41) is 0. The Kier molecular flexibility index (Phi) is 3.44. The van der Waals surface area contributed by atoms with Gasteiger partial charge in [-0.25, -0.2) is 0 Å². The fraction of sp³-hybridized carbons (Fsp3) is 0.182. The summed E-state index contributed by atoms with van der Waals surface area (Å²) in [7, 11) is 0. The predicted molar refractivity (Wildman–Crippen MR) is 53.5 cm³/mol. The maximum absolute atomic E-state index is 10.7. The zero-order valence-electron chi connectivity index (χ0n) is 8.57. The molecular formula is C11H11O4. The van der Waals surface area contributed by atoms with Crippen LogP contribution in [-0.2, 0) is 9.59 Å². The number of hydrogen-bond donors (Lipinski definition) is 0. The summed E-state index contributed by atoms with van der Waals surface area (Å²) in [5.74, 6) is -0.257. The van der Waals surface area contributed by atoms with Crippen LogP contribution in [0.3, 0.4) is 0 Å². The van der Waals surface area contributed by atoms with Crippen molar-refractivity contribution in [1.29, 1.82) is 0 Å². The lowest BCUT2D eigenvalue weighted by molar-refractivity contribution is -0.132. The molecule has 0 amide bonds. The van der Waals surface area contributed by atoms with Crippen LogP contribution in [0, 0.1) is 6.92 Å². The Morgan fingerprint density at radius 2 is 1.73 bits per heavy atom. The Hall–Kier alpha value is -1.84. The van der Waals surface area contributed by atoms with Crippen LogP contribution in [0.4, 0.5) is 0 Å². The molecule has 0 fully saturated rings. The number of esters is 2. The molecule has 0 bridgehead atoms. The fourth-order valence-corrected chi connectivity index (χ4v) is 1.01. The molecule has 4 nitrogen and oxygen atoms in total. The molecule has 0 spiro atoms. The normalized spacial score (nSPS) is 9.53. The third-order valence-corrected chi connectivity index (χ3v) is 1.55. The summed E-state index contributed by atoms with van der Waals surface area (Å²) >= 11 is 0.